The molecule has 0 saturated carbocycles. The van der Waals surface area contributed by atoms with Gasteiger partial charge in [-0.25, -0.2) is 4.98 Å². The van der Waals surface area contributed by atoms with Crippen LogP contribution in [-0.2, 0) is 19.5 Å². The molecule has 0 saturated heterocycles. The Morgan fingerprint density at radius 3 is 2.84 bits per heavy atom. The highest BCUT2D eigenvalue weighted by molar-refractivity contribution is 6.32. The zero-order valence-electron chi connectivity index (χ0n) is 16.8. The van der Waals surface area contributed by atoms with Crippen LogP contribution in [0.3, 0.4) is 0 Å². The normalized spacial score (nSPS) is 14.0. The number of aryl methyl sites for hydroxylation is 1. The van der Waals surface area contributed by atoms with E-state index in [1.165, 1.54) is 6.26 Å². The van der Waals surface area contributed by atoms with Gasteiger partial charge in [0.2, 0.25) is 0 Å². The van der Waals surface area contributed by atoms with E-state index in [9.17, 15) is 9.59 Å². The molecule has 0 fully saturated rings. The summed E-state index contributed by atoms with van der Waals surface area (Å²) in [6.45, 7) is 3.35. The van der Waals surface area contributed by atoms with Crippen molar-refractivity contribution in [1.29, 1.82) is 0 Å². The quantitative estimate of drug-likeness (QED) is 0.531. The van der Waals surface area contributed by atoms with E-state index in [0.717, 1.165) is 16.8 Å². The summed E-state index contributed by atoms with van der Waals surface area (Å²) in [4.78, 5) is 39.3. The first-order chi connectivity index (χ1) is 15.0. The minimum Gasteiger partial charge on any atom is -0.464 e. The van der Waals surface area contributed by atoms with Gasteiger partial charge in [-0.1, -0.05) is 11.6 Å². The summed E-state index contributed by atoms with van der Waals surface area (Å²) >= 11 is 6.19. The molecule has 0 bridgehead atoms. The first kappa shape index (κ1) is 19.7. The van der Waals surface area contributed by atoms with Crippen LogP contribution in [0.25, 0.3) is 22.4 Å². The number of hydrogen-bond donors (Lipinski definition) is 1. The van der Waals surface area contributed by atoms with Gasteiger partial charge < -0.3 is 9.40 Å². The molecule has 0 spiro atoms. The summed E-state index contributed by atoms with van der Waals surface area (Å²) in [5.74, 6) is 0.543. The number of rotatable bonds is 3. The van der Waals surface area contributed by atoms with Crippen molar-refractivity contribution < 1.29 is 4.42 Å². The Kier molecular flexibility index (Phi) is 4.92. The molecular formula is C23H19ClN4O3. The van der Waals surface area contributed by atoms with Crippen LogP contribution in [0.4, 0.5) is 0 Å². The summed E-state index contributed by atoms with van der Waals surface area (Å²) in [5.41, 5.74) is 3.89. The summed E-state index contributed by atoms with van der Waals surface area (Å²) in [7, 11) is 0. The molecule has 4 heterocycles. The van der Waals surface area contributed by atoms with E-state index in [1.807, 2.05) is 19.1 Å². The fraction of sp³-hybridized carbons (Fsp3) is 0.217. The van der Waals surface area contributed by atoms with E-state index < -0.39 is 0 Å². The molecule has 31 heavy (non-hydrogen) atoms. The van der Waals surface area contributed by atoms with Gasteiger partial charge in [-0.15, -0.1) is 0 Å². The molecule has 7 nitrogen and oxygen atoms in total. The smallest absolute Gasteiger partial charge is 0.255 e. The van der Waals surface area contributed by atoms with Crippen molar-refractivity contribution in [3.8, 4) is 11.4 Å². The molecule has 0 radical (unpaired) electrons. The molecule has 0 amide bonds. The highest BCUT2D eigenvalue weighted by Crippen LogP contribution is 2.23. The lowest BCUT2D eigenvalue weighted by atomic mass is 10.1. The van der Waals surface area contributed by atoms with Crippen molar-refractivity contribution in [2.45, 2.75) is 26.4 Å². The summed E-state index contributed by atoms with van der Waals surface area (Å²) in [5, 5.41) is 0.999. The van der Waals surface area contributed by atoms with Crippen molar-refractivity contribution in [1.82, 2.24) is 19.9 Å². The maximum Gasteiger partial charge on any atom is 0.255 e. The number of nitrogens with zero attached hydrogens (tertiary/aromatic N) is 3. The number of nitrogens with one attached hydrogen (secondary N) is 1. The third kappa shape index (κ3) is 3.66. The van der Waals surface area contributed by atoms with Gasteiger partial charge >= 0.3 is 0 Å². The van der Waals surface area contributed by atoms with Gasteiger partial charge in [0, 0.05) is 54.6 Å². The zero-order valence-corrected chi connectivity index (χ0v) is 17.6. The Morgan fingerprint density at radius 2 is 2.03 bits per heavy atom. The van der Waals surface area contributed by atoms with Crippen molar-refractivity contribution in [2.24, 2.45) is 0 Å². The summed E-state index contributed by atoms with van der Waals surface area (Å²) in [6.07, 6.45) is 5.46. The zero-order chi connectivity index (χ0) is 21.5. The molecule has 8 heteroatoms. The van der Waals surface area contributed by atoms with Gasteiger partial charge in [-0.3, -0.25) is 19.5 Å². The van der Waals surface area contributed by atoms with Crippen molar-refractivity contribution in [3.63, 3.8) is 0 Å². The van der Waals surface area contributed by atoms with E-state index in [-0.39, 0.29) is 11.0 Å². The van der Waals surface area contributed by atoms with Crippen LogP contribution in [0.1, 0.15) is 22.4 Å². The molecule has 0 atom stereocenters. The topological polar surface area (TPSA) is 92.1 Å². The molecular weight excluding hydrogens is 416 g/mol. The second kappa shape index (κ2) is 7.76. The molecule has 5 rings (SSSR count). The van der Waals surface area contributed by atoms with Crippen LogP contribution in [-0.4, -0.2) is 26.4 Å². The first-order valence-corrected chi connectivity index (χ1v) is 10.3. The third-order valence-corrected chi connectivity index (χ3v) is 6.03. The number of H-pyrrole nitrogens is 1. The Morgan fingerprint density at radius 1 is 1.23 bits per heavy atom. The van der Waals surface area contributed by atoms with E-state index in [4.69, 9.17) is 16.0 Å². The average Bonchev–Trinajstić information content (AvgIpc) is 2.78. The lowest BCUT2D eigenvalue weighted by Crippen LogP contribution is -2.36. The maximum absolute atomic E-state index is 12.9. The number of fused-ring (bicyclic) bond motifs is 2. The Balaban J connectivity index is 1.43. The highest BCUT2D eigenvalue weighted by atomic mass is 35.5. The predicted octanol–water partition coefficient (Wildman–Crippen LogP) is 3.46. The molecule has 156 valence electrons. The van der Waals surface area contributed by atoms with Gasteiger partial charge in [0.05, 0.1) is 22.9 Å². The van der Waals surface area contributed by atoms with E-state index in [2.05, 4.69) is 19.9 Å². The van der Waals surface area contributed by atoms with Crippen molar-refractivity contribution in [2.75, 3.05) is 6.54 Å². The third-order valence-electron chi connectivity index (χ3n) is 5.62. The van der Waals surface area contributed by atoms with Crippen LogP contribution in [0, 0.1) is 6.92 Å². The van der Waals surface area contributed by atoms with Gasteiger partial charge in [-0.2, -0.15) is 0 Å². The lowest BCUT2D eigenvalue weighted by molar-refractivity contribution is 0.239. The molecule has 1 aromatic carbocycles. The van der Waals surface area contributed by atoms with Crippen LogP contribution < -0.4 is 11.0 Å². The predicted molar refractivity (Wildman–Crippen MR) is 118 cm³/mol. The second-order valence-electron chi connectivity index (χ2n) is 7.72. The number of aromatic nitrogens is 3. The van der Waals surface area contributed by atoms with Crippen molar-refractivity contribution in [3.05, 3.63) is 90.9 Å². The molecule has 0 unspecified atom stereocenters. The van der Waals surface area contributed by atoms with Crippen LogP contribution in [0.2, 0.25) is 5.02 Å². The van der Waals surface area contributed by atoms with Crippen molar-refractivity contribution >= 4 is 22.6 Å². The Hall–Kier alpha value is -3.29. The van der Waals surface area contributed by atoms with Crippen LogP contribution >= 0.6 is 11.6 Å². The monoisotopic (exact) mass is 434 g/mol. The first-order valence-electron chi connectivity index (χ1n) is 9.95. The van der Waals surface area contributed by atoms with Crippen LogP contribution in [0.5, 0.6) is 0 Å². The fourth-order valence-corrected chi connectivity index (χ4v) is 4.07. The second-order valence-corrected chi connectivity index (χ2v) is 8.13. The van der Waals surface area contributed by atoms with Gasteiger partial charge in [0.1, 0.15) is 11.4 Å². The summed E-state index contributed by atoms with van der Waals surface area (Å²) < 4.78 is 5.69. The Bertz CT molecular complexity index is 1410. The van der Waals surface area contributed by atoms with E-state index in [1.54, 1.807) is 24.5 Å². The minimum atomic E-state index is -0.158. The number of aromatic amines is 1. The molecule has 4 aromatic rings. The van der Waals surface area contributed by atoms with E-state index in [0.29, 0.717) is 59.0 Å². The molecule has 3 aromatic heterocycles. The maximum atomic E-state index is 12.9. The molecule has 1 N–H and O–H groups in total. The largest absolute Gasteiger partial charge is 0.464 e. The lowest BCUT2D eigenvalue weighted by Gasteiger charge is -2.27. The number of benzene rings is 1. The van der Waals surface area contributed by atoms with Gasteiger partial charge in [0.25, 0.3) is 5.56 Å². The van der Waals surface area contributed by atoms with Crippen LogP contribution in [0.15, 0.2) is 56.9 Å². The minimum absolute atomic E-state index is 0.103. The van der Waals surface area contributed by atoms with Gasteiger partial charge in [-0.05, 0) is 36.8 Å². The average molecular weight is 435 g/mol. The fourth-order valence-electron chi connectivity index (χ4n) is 3.90. The SMILES string of the molecule is Cc1cc2occ(CN3CCc4nc(-c5ccncc5)[nH]c(=O)c4C3)c(=O)c2cc1Cl. The molecule has 0 aliphatic carbocycles. The molecule has 1 aliphatic heterocycles. The number of pyridine rings is 1. The van der Waals surface area contributed by atoms with Gasteiger partial charge in [0.15, 0.2) is 5.43 Å². The standard InChI is InChI=1S/C23H19ClN4O3/c1-13-8-20-16(9-18(13)24)21(29)15(12-31-20)10-28-7-4-19-17(11-28)23(30)27-22(26-19)14-2-5-25-6-3-14/h2-3,5-6,8-9,12H,4,7,10-11H2,1H3,(H,26,27,30). The highest BCUT2D eigenvalue weighted by Gasteiger charge is 2.23. The summed E-state index contributed by atoms with van der Waals surface area (Å²) in [6, 6.07) is 7.05. The Labute approximate surface area is 182 Å². The number of halogens is 1. The van der Waals surface area contributed by atoms with E-state index >= 15 is 0 Å². The molecule has 1 aliphatic rings. The number of hydrogen-bond acceptors (Lipinski definition) is 6.